The van der Waals surface area contributed by atoms with Crippen LogP contribution in [0.1, 0.15) is 72.6 Å². The van der Waals surface area contributed by atoms with Crippen LogP contribution in [0, 0.1) is 5.41 Å². The smallest absolute Gasteiger partial charge is 0.407 e. The van der Waals surface area contributed by atoms with Crippen LogP contribution in [0.4, 0.5) is 4.79 Å². The summed E-state index contributed by atoms with van der Waals surface area (Å²) in [5.41, 5.74) is 0.130. The second-order valence-corrected chi connectivity index (χ2v) is 7.95. The van der Waals surface area contributed by atoms with Gasteiger partial charge in [0, 0.05) is 18.6 Å². The Morgan fingerprint density at radius 1 is 1.19 bits per heavy atom. The van der Waals surface area contributed by atoms with Crippen molar-refractivity contribution in [2.24, 2.45) is 5.41 Å². The fourth-order valence-corrected chi connectivity index (χ4v) is 3.52. The van der Waals surface area contributed by atoms with Crippen molar-refractivity contribution >= 4 is 6.09 Å². The molecule has 2 saturated carbocycles. The van der Waals surface area contributed by atoms with Gasteiger partial charge in [0.05, 0.1) is 0 Å². The van der Waals surface area contributed by atoms with Crippen molar-refractivity contribution in [2.45, 2.75) is 90.3 Å². The Kier molecular flexibility index (Phi) is 5.18. The predicted octanol–water partition coefficient (Wildman–Crippen LogP) is 3.60. The van der Waals surface area contributed by atoms with Gasteiger partial charge in [-0.25, -0.2) is 4.79 Å². The molecule has 4 heteroatoms. The van der Waals surface area contributed by atoms with Crippen LogP contribution < -0.4 is 10.6 Å². The van der Waals surface area contributed by atoms with Crippen molar-refractivity contribution in [3.8, 4) is 0 Å². The summed E-state index contributed by atoms with van der Waals surface area (Å²) in [6.07, 6.45) is 8.59. The molecule has 0 aromatic carbocycles. The molecule has 0 saturated heterocycles. The lowest BCUT2D eigenvalue weighted by Crippen LogP contribution is -2.54. The highest BCUT2D eigenvalue weighted by Crippen LogP contribution is 2.40. The maximum absolute atomic E-state index is 11.7. The molecule has 2 N–H and O–H groups in total. The third-order valence-electron chi connectivity index (χ3n) is 5.04. The van der Waals surface area contributed by atoms with Crippen molar-refractivity contribution in [1.82, 2.24) is 10.6 Å². The summed E-state index contributed by atoms with van der Waals surface area (Å²) >= 11 is 0. The van der Waals surface area contributed by atoms with E-state index in [4.69, 9.17) is 4.74 Å². The molecule has 2 aliphatic rings. The number of carbonyl (C=O) groups is 1. The Morgan fingerprint density at radius 2 is 1.81 bits per heavy atom. The molecule has 0 radical (unpaired) electrons. The van der Waals surface area contributed by atoms with E-state index in [-0.39, 0.29) is 12.1 Å². The van der Waals surface area contributed by atoms with E-state index in [0.29, 0.717) is 11.5 Å². The summed E-state index contributed by atoms with van der Waals surface area (Å²) in [6, 6.07) is 0.840. The van der Waals surface area contributed by atoms with Crippen LogP contribution in [-0.4, -0.2) is 30.3 Å². The van der Waals surface area contributed by atoms with Crippen molar-refractivity contribution in [3.63, 3.8) is 0 Å². The van der Waals surface area contributed by atoms with Gasteiger partial charge in [0.15, 0.2) is 0 Å². The molecule has 0 aromatic rings. The van der Waals surface area contributed by atoms with E-state index in [1.807, 2.05) is 20.8 Å². The minimum atomic E-state index is -0.415. The zero-order valence-corrected chi connectivity index (χ0v) is 14.1. The average Bonchev–Trinajstić information content (AvgIpc) is 2.79. The van der Waals surface area contributed by atoms with Gasteiger partial charge in [-0.3, -0.25) is 0 Å². The highest BCUT2D eigenvalue weighted by atomic mass is 16.6. The van der Waals surface area contributed by atoms with E-state index in [2.05, 4.69) is 17.6 Å². The maximum atomic E-state index is 11.7. The molecular weight excluding hydrogens is 264 g/mol. The largest absolute Gasteiger partial charge is 0.444 e. The summed E-state index contributed by atoms with van der Waals surface area (Å²) < 4.78 is 5.28. The van der Waals surface area contributed by atoms with Gasteiger partial charge >= 0.3 is 6.09 Å². The summed E-state index contributed by atoms with van der Waals surface area (Å²) in [5, 5.41) is 6.67. The minimum Gasteiger partial charge on any atom is -0.444 e. The normalized spacial score (nSPS) is 28.0. The van der Waals surface area contributed by atoms with Crippen molar-refractivity contribution in [2.75, 3.05) is 6.54 Å². The Bertz CT molecular complexity index is 350. The number of amides is 1. The Morgan fingerprint density at radius 3 is 2.33 bits per heavy atom. The SMILES string of the molecule is CCC1(CNC2CC(NC(=O)OC(C)(C)C)C2)CCCC1. The fraction of sp³-hybridized carbons (Fsp3) is 0.941. The lowest BCUT2D eigenvalue weighted by Gasteiger charge is -2.39. The lowest BCUT2D eigenvalue weighted by molar-refractivity contribution is 0.0462. The maximum Gasteiger partial charge on any atom is 0.407 e. The predicted molar refractivity (Wildman–Crippen MR) is 85.4 cm³/mol. The monoisotopic (exact) mass is 296 g/mol. The summed E-state index contributed by atoms with van der Waals surface area (Å²) in [7, 11) is 0. The second-order valence-electron chi connectivity index (χ2n) is 7.95. The summed E-state index contributed by atoms with van der Waals surface area (Å²) in [4.78, 5) is 11.7. The van der Waals surface area contributed by atoms with Gasteiger partial charge < -0.3 is 15.4 Å². The minimum absolute atomic E-state index is 0.276. The average molecular weight is 296 g/mol. The van der Waals surface area contributed by atoms with E-state index in [9.17, 15) is 4.79 Å². The van der Waals surface area contributed by atoms with E-state index in [1.165, 1.54) is 32.1 Å². The first-order valence-electron chi connectivity index (χ1n) is 8.55. The zero-order chi connectivity index (χ0) is 15.5. The number of rotatable bonds is 5. The van der Waals surface area contributed by atoms with Crippen LogP contribution in [0.2, 0.25) is 0 Å². The highest BCUT2D eigenvalue weighted by Gasteiger charge is 2.36. The molecule has 0 heterocycles. The lowest BCUT2D eigenvalue weighted by atomic mass is 9.81. The Balaban J connectivity index is 1.62. The third kappa shape index (κ3) is 4.87. The van der Waals surface area contributed by atoms with E-state index in [0.717, 1.165) is 19.4 Å². The van der Waals surface area contributed by atoms with Crippen molar-refractivity contribution in [3.05, 3.63) is 0 Å². The first-order valence-corrected chi connectivity index (χ1v) is 8.55. The number of hydrogen-bond donors (Lipinski definition) is 2. The summed E-state index contributed by atoms with van der Waals surface area (Å²) in [6.45, 7) is 9.14. The molecule has 0 bridgehead atoms. The zero-order valence-electron chi connectivity index (χ0n) is 14.1. The van der Waals surface area contributed by atoms with Crippen molar-refractivity contribution < 1.29 is 9.53 Å². The van der Waals surface area contributed by atoms with Gasteiger partial charge in [-0.15, -0.1) is 0 Å². The molecule has 0 aliphatic heterocycles. The molecule has 2 fully saturated rings. The van der Waals surface area contributed by atoms with Crippen LogP contribution in [0.15, 0.2) is 0 Å². The molecule has 2 rings (SSSR count). The molecule has 1 amide bonds. The highest BCUT2D eigenvalue weighted by molar-refractivity contribution is 5.68. The topological polar surface area (TPSA) is 50.4 Å². The van der Waals surface area contributed by atoms with Gasteiger partial charge in [-0.2, -0.15) is 0 Å². The molecule has 21 heavy (non-hydrogen) atoms. The van der Waals surface area contributed by atoms with Gasteiger partial charge in [-0.1, -0.05) is 19.8 Å². The van der Waals surface area contributed by atoms with Gasteiger partial charge in [-0.05, 0) is 58.3 Å². The quantitative estimate of drug-likeness (QED) is 0.815. The number of nitrogens with one attached hydrogen (secondary N) is 2. The standard InChI is InChI=1S/C17H32N2O2/c1-5-17(8-6-7-9-17)12-18-13-10-14(11-13)19-15(20)21-16(2,3)4/h13-14,18H,5-12H2,1-4H3,(H,19,20). The van der Waals surface area contributed by atoms with Crippen LogP contribution in [0.3, 0.4) is 0 Å². The van der Waals surface area contributed by atoms with Gasteiger partial charge in [0.2, 0.25) is 0 Å². The van der Waals surface area contributed by atoms with E-state index < -0.39 is 5.60 Å². The second kappa shape index (κ2) is 6.55. The van der Waals surface area contributed by atoms with Crippen LogP contribution in [0.5, 0.6) is 0 Å². The number of ether oxygens (including phenoxy) is 1. The summed E-state index contributed by atoms with van der Waals surface area (Å²) in [5.74, 6) is 0. The van der Waals surface area contributed by atoms with Crippen LogP contribution >= 0.6 is 0 Å². The van der Waals surface area contributed by atoms with Crippen LogP contribution in [-0.2, 0) is 4.74 Å². The number of carbonyl (C=O) groups excluding carboxylic acids is 1. The molecule has 0 aromatic heterocycles. The molecule has 122 valence electrons. The van der Waals surface area contributed by atoms with Gasteiger partial charge in [0.1, 0.15) is 5.60 Å². The third-order valence-corrected chi connectivity index (χ3v) is 5.04. The first-order chi connectivity index (χ1) is 9.82. The Hall–Kier alpha value is -0.770. The molecule has 2 aliphatic carbocycles. The van der Waals surface area contributed by atoms with E-state index in [1.54, 1.807) is 0 Å². The molecule has 0 unspecified atom stereocenters. The molecule has 0 atom stereocenters. The molecule has 4 nitrogen and oxygen atoms in total. The molecular formula is C17H32N2O2. The van der Waals surface area contributed by atoms with Gasteiger partial charge in [0.25, 0.3) is 0 Å². The fourth-order valence-electron chi connectivity index (χ4n) is 3.52. The first kappa shape index (κ1) is 16.6. The Labute approximate surface area is 129 Å². The number of alkyl carbamates (subject to hydrolysis) is 1. The van der Waals surface area contributed by atoms with E-state index >= 15 is 0 Å². The van der Waals surface area contributed by atoms with Crippen LogP contribution in [0.25, 0.3) is 0 Å². The molecule has 0 spiro atoms. The number of hydrogen-bond acceptors (Lipinski definition) is 3. The van der Waals surface area contributed by atoms with Crippen molar-refractivity contribution in [1.29, 1.82) is 0 Å².